The van der Waals surface area contributed by atoms with Crippen LogP contribution >= 0.6 is 11.3 Å². The van der Waals surface area contributed by atoms with E-state index < -0.39 is 0 Å². The Morgan fingerprint density at radius 3 is 2.83 bits per heavy atom. The van der Waals surface area contributed by atoms with E-state index in [1.165, 1.54) is 11.3 Å². The van der Waals surface area contributed by atoms with Gasteiger partial charge in [0, 0.05) is 11.4 Å². The van der Waals surface area contributed by atoms with Gasteiger partial charge in [-0.3, -0.25) is 4.79 Å². The van der Waals surface area contributed by atoms with Crippen molar-refractivity contribution in [3.05, 3.63) is 16.5 Å². The number of nitrogens with one attached hydrogen (secondary N) is 1. The van der Waals surface area contributed by atoms with Crippen LogP contribution in [0.2, 0.25) is 0 Å². The van der Waals surface area contributed by atoms with Crippen LogP contribution in [0.5, 0.6) is 0 Å². The molecule has 3 nitrogen and oxygen atoms in total. The third-order valence-corrected chi connectivity index (χ3v) is 2.35. The summed E-state index contributed by atoms with van der Waals surface area (Å²) in [4.78, 5) is 12.4. The summed E-state index contributed by atoms with van der Waals surface area (Å²) in [5.74, 6) is -0.0839. The number of hydrogen-bond donors (Lipinski definition) is 2. The number of carbonyl (C=O) groups excluding carboxylic acids is 1. The number of carbonyl (C=O) groups is 1. The Balaban J connectivity index is 2.87. The van der Waals surface area contributed by atoms with Crippen molar-refractivity contribution >= 4 is 22.2 Å². The second-order valence-corrected chi connectivity index (χ2v) is 3.78. The van der Waals surface area contributed by atoms with E-state index in [4.69, 9.17) is 5.73 Å². The van der Waals surface area contributed by atoms with Gasteiger partial charge in [-0.2, -0.15) is 0 Å². The highest BCUT2D eigenvalue weighted by Gasteiger charge is 2.10. The predicted molar refractivity (Wildman–Crippen MR) is 51.5 cm³/mol. The molecule has 0 fully saturated rings. The van der Waals surface area contributed by atoms with Gasteiger partial charge in [0.25, 0.3) is 5.91 Å². The van der Waals surface area contributed by atoms with E-state index >= 15 is 0 Å². The van der Waals surface area contributed by atoms with Crippen molar-refractivity contribution in [2.24, 2.45) is 0 Å². The van der Waals surface area contributed by atoms with E-state index in [0.717, 1.165) is 4.88 Å². The molecule has 0 aromatic carbocycles. The highest BCUT2D eigenvalue weighted by molar-refractivity contribution is 7.16. The summed E-state index contributed by atoms with van der Waals surface area (Å²) in [6, 6.07) is 1.81. The molecule has 0 saturated carbocycles. The second kappa shape index (κ2) is 3.58. The molecule has 0 saturated heterocycles. The number of hydrogen-bond acceptors (Lipinski definition) is 3. The number of aryl methyl sites for hydroxylation is 1. The summed E-state index contributed by atoms with van der Waals surface area (Å²) >= 11 is 1.44. The minimum absolute atomic E-state index is 0.0839. The molecule has 3 N–H and O–H groups in total. The first-order valence-corrected chi connectivity index (χ1v) is 4.61. The van der Waals surface area contributed by atoms with Gasteiger partial charge in [-0.25, -0.2) is 0 Å². The van der Waals surface area contributed by atoms with Crippen LogP contribution in [0.4, 0.5) is 5.00 Å². The lowest BCUT2D eigenvalue weighted by Crippen LogP contribution is -2.22. The predicted octanol–water partition coefficient (Wildman–Crippen LogP) is 1.39. The van der Waals surface area contributed by atoms with Crippen LogP contribution in [0.1, 0.15) is 22.2 Å². The lowest BCUT2D eigenvalue weighted by Gasteiger charge is -1.98. The topological polar surface area (TPSA) is 55.1 Å². The molecule has 0 atom stereocenters. The summed E-state index contributed by atoms with van der Waals surface area (Å²) in [6.07, 6.45) is 0. The van der Waals surface area contributed by atoms with Crippen molar-refractivity contribution in [2.75, 3.05) is 12.3 Å². The molecule has 4 heteroatoms. The Morgan fingerprint density at radius 2 is 2.42 bits per heavy atom. The molecule has 0 spiro atoms. The van der Waals surface area contributed by atoms with Gasteiger partial charge in [0.05, 0.1) is 10.6 Å². The average Bonchev–Trinajstić information content (AvgIpc) is 2.30. The van der Waals surface area contributed by atoms with E-state index in [2.05, 4.69) is 5.32 Å². The van der Waals surface area contributed by atoms with Gasteiger partial charge in [0.2, 0.25) is 0 Å². The molecule has 0 aliphatic carbocycles. The molecule has 0 bridgehead atoms. The molecule has 0 aliphatic rings. The highest BCUT2D eigenvalue weighted by Crippen LogP contribution is 2.23. The fourth-order valence-corrected chi connectivity index (χ4v) is 1.75. The molecule has 1 heterocycles. The van der Waals surface area contributed by atoms with E-state index in [1.54, 1.807) is 0 Å². The largest absolute Gasteiger partial charge is 0.390 e. The van der Waals surface area contributed by atoms with Crippen LogP contribution in [-0.2, 0) is 0 Å². The van der Waals surface area contributed by atoms with Crippen molar-refractivity contribution < 1.29 is 4.79 Å². The van der Waals surface area contributed by atoms with E-state index in [1.807, 2.05) is 19.9 Å². The first kappa shape index (κ1) is 9.06. The van der Waals surface area contributed by atoms with E-state index in [9.17, 15) is 4.79 Å². The van der Waals surface area contributed by atoms with Crippen LogP contribution in [0, 0.1) is 6.92 Å². The molecular formula is C8H12N2OS. The first-order chi connectivity index (χ1) is 5.65. The number of amides is 1. The minimum atomic E-state index is -0.0839. The van der Waals surface area contributed by atoms with Gasteiger partial charge < -0.3 is 11.1 Å². The summed E-state index contributed by atoms with van der Waals surface area (Å²) < 4.78 is 0. The van der Waals surface area contributed by atoms with Gasteiger partial charge >= 0.3 is 0 Å². The fourth-order valence-electron chi connectivity index (χ4n) is 0.965. The lowest BCUT2D eigenvalue weighted by atomic mass is 10.3. The van der Waals surface area contributed by atoms with Crippen molar-refractivity contribution in [3.8, 4) is 0 Å². The van der Waals surface area contributed by atoms with Gasteiger partial charge in [-0.1, -0.05) is 0 Å². The van der Waals surface area contributed by atoms with Crippen molar-refractivity contribution in [2.45, 2.75) is 13.8 Å². The Kier molecular flexibility index (Phi) is 2.70. The standard InChI is InChI=1S/C8H12N2OS/c1-3-10-8(11)6-4-5(2)12-7(6)9/h4H,3,9H2,1-2H3,(H,10,11). The van der Waals surface area contributed by atoms with Gasteiger partial charge in [-0.05, 0) is 19.9 Å². The molecule has 0 unspecified atom stereocenters. The zero-order valence-electron chi connectivity index (χ0n) is 7.18. The van der Waals surface area contributed by atoms with Crippen LogP contribution in [-0.4, -0.2) is 12.5 Å². The monoisotopic (exact) mass is 184 g/mol. The van der Waals surface area contributed by atoms with Crippen LogP contribution < -0.4 is 11.1 Å². The summed E-state index contributed by atoms with van der Waals surface area (Å²) in [6.45, 7) is 4.45. The smallest absolute Gasteiger partial charge is 0.254 e. The summed E-state index contributed by atoms with van der Waals surface area (Å²) in [5, 5.41) is 3.30. The van der Waals surface area contributed by atoms with Crippen molar-refractivity contribution in [1.29, 1.82) is 0 Å². The summed E-state index contributed by atoms with van der Waals surface area (Å²) in [5.41, 5.74) is 6.23. The Labute approximate surface area is 75.6 Å². The molecule has 1 rings (SSSR count). The number of anilines is 1. The van der Waals surface area contributed by atoms with E-state index in [0.29, 0.717) is 17.1 Å². The molecule has 12 heavy (non-hydrogen) atoms. The normalized spacial score (nSPS) is 9.83. The van der Waals surface area contributed by atoms with Crippen LogP contribution in [0.15, 0.2) is 6.07 Å². The van der Waals surface area contributed by atoms with Crippen molar-refractivity contribution in [3.63, 3.8) is 0 Å². The molecule has 0 aliphatic heterocycles. The molecule has 1 amide bonds. The van der Waals surface area contributed by atoms with Crippen molar-refractivity contribution in [1.82, 2.24) is 5.32 Å². The van der Waals surface area contributed by atoms with Crippen LogP contribution in [0.25, 0.3) is 0 Å². The Morgan fingerprint density at radius 1 is 1.75 bits per heavy atom. The number of rotatable bonds is 2. The Bertz CT molecular complexity index is 293. The molecule has 66 valence electrons. The maximum absolute atomic E-state index is 11.3. The molecule has 0 radical (unpaired) electrons. The third kappa shape index (κ3) is 1.76. The van der Waals surface area contributed by atoms with E-state index in [-0.39, 0.29) is 5.91 Å². The quantitative estimate of drug-likeness (QED) is 0.729. The zero-order valence-corrected chi connectivity index (χ0v) is 7.99. The van der Waals surface area contributed by atoms with Gasteiger partial charge in [-0.15, -0.1) is 11.3 Å². The summed E-state index contributed by atoms with van der Waals surface area (Å²) in [7, 11) is 0. The zero-order chi connectivity index (χ0) is 9.14. The number of nitrogens with two attached hydrogens (primary N) is 1. The van der Waals surface area contributed by atoms with Gasteiger partial charge in [0.1, 0.15) is 0 Å². The maximum Gasteiger partial charge on any atom is 0.254 e. The molecule has 1 aromatic rings. The average molecular weight is 184 g/mol. The minimum Gasteiger partial charge on any atom is -0.390 e. The lowest BCUT2D eigenvalue weighted by molar-refractivity contribution is 0.0957. The van der Waals surface area contributed by atoms with Gasteiger partial charge in [0.15, 0.2) is 0 Å². The SMILES string of the molecule is CCNC(=O)c1cc(C)sc1N. The fraction of sp³-hybridized carbons (Fsp3) is 0.375. The first-order valence-electron chi connectivity index (χ1n) is 3.79. The second-order valence-electron chi connectivity index (χ2n) is 2.49. The Hall–Kier alpha value is -1.03. The van der Waals surface area contributed by atoms with Crippen LogP contribution in [0.3, 0.4) is 0 Å². The maximum atomic E-state index is 11.3. The molecule has 1 aromatic heterocycles. The number of nitrogen functional groups attached to an aromatic ring is 1. The third-order valence-electron chi connectivity index (χ3n) is 1.47. The number of thiophene rings is 1. The molecular weight excluding hydrogens is 172 g/mol. The highest BCUT2D eigenvalue weighted by atomic mass is 32.1.